The van der Waals surface area contributed by atoms with Gasteiger partial charge in [-0.05, 0) is 30.2 Å². The van der Waals surface area contributed by atoms with Gasteiger partial charge in [-0.15, -0.1) is 0 Å². The molecule has 0 aliphatic carbocycles. The lowest BCUT2D eigenvalue weighted by Gasteiger charge is -2.06. The average Bonchev–Trinajstić information content (AvgIpc) is 2.16. The number of ether oxygens (including phenoxy) is 1. The van der Waals surface area contributed by atoms with E-state index in [9.17, 15) is 0 Å². The zero-order valence-corrected chi connectivity index (χ0v) is 8.08. The molecule has 0 bridgehead atoms. The normalized spacial score (nSPS) is 10.6. The standard InChI is InChI=1S/C10H11ClO2/c1-13-10-7-9(11)5-4-8(10)3-2-6-12/h2,4-7,12H,3H2,1H3/b6-2+. The maximum Gasteiger partial charge on any atom is 0.123 e. The predicted octanol–water partition coefficient (Wildman–Crippen LogP) is 2.96. The Kier molecular flexibility index (Phi) is 3.65. The molecule has 1 aromatic rings. The first-order valence-corrected chi connectivity index (χ1v) is 4.27. The molecule has 0 saturated carbocycles. The van der Waals surface area contributed by atoms with E-state index in [4.69, 9.17) is 21.4 Å². The van der Waals surface area contributed by atoms with E-state index in [1.807, 2.05) is 6.07 Å². The van der Waals surface area contributed by atoms with Crippen molar-refractivity contribution in [1.29, 1.82) is 0 Å². The smallest absolute Gasteiger partial charge is 0.123 e. The summed E-state index contributed by atoms with van der Waals surface area (Å²) in [6.45, 7) is 0. The van der Waals surface area contributed by atoms with Crippen LogP contribution >= 0.6 is 11.6 Å². The number of aliphatic hydroxyl groups is 1. The fourth-order valence-electron chi connectivity index (χ4n) is 1.07. The molecule has 0 saturated heterocycles. The van der Waals surface area contributed by atoms with E-state index in [2.05, 4.69) is 0 Å². The second-order valence-corrected chi connectivity index (χ2v) is 2.98. The van der Waals surface area contributed by atoms with E-state index in [0.717, 1.165) is 17.6 Å². The summed E-state index contributed by atoms with van der Waals surface area (Å²) in [5, 5.41) is 9.15. The molecule has 0 aliphatic rings. The Morgan fingerprint density at radius 3 is 2.92 bits per heavy atom. The fourth-order valence-corrected chi connectivity index (χ4v) is 1.23. The van der Waals surface area contributed by atoms with Crippen LogP contribution in [0.1, 0.15) is 5.56 Å². The number of hydrogen-bond acceptors (Lipinski definition) is 2. The molecule has 2 nitrogen and oxygen atoms in total. The van der Waals surface area contributed by atoms with Gasteiger partial charge in [-0.1, -0.05) is 17.7 Å². The zero-order valence-electron chi connectivity index (χ0n) is 7.33. The maximum absolute atomic E-state index is 8.50. The first-order valence-electron chi connectivity index (χ1n) is 3.89. The second-order valence-electron chi connectivity index (χ2n) is 2.55. The van der Waals surface area contributed by atoms with Gasteiger partial charge in [-0.25, -0.2) is 0 Å². The summed E-state index contributed by atoms with van der Waals surface area (Å²) in [5.74, 6) is 0.741. The van der Waals surface area contributed by atoms with Gasteiger partial charge in [0.15, 0.2) is 0 Å². The molecule has 0 fully saturated rings. The number of hydrogen-bond donors (Lipinski definition) is 1. The summed E-state index contributed by atoms with van der Waals surface area (Å²) in [7, 11) is 1.60. The highest BCUT2D eigenvalue weighted by Gasteiger charge is 2.01. The molecule has 0 spiro atoms. The Balaban J connectivity index is 2.92. The van der Waals surface area contributed by atoms with E-state index in [1.54, 1.807) is 25.3 Å². The number of benzene rings is 1. The van der Waals surface area contributed by atoms with Crippen LogP contribution in [0.2, 0.25) is 5.02 Å². The highest BCUT2D eigenvalue weighted by molar-refractivity contribution is 6.30. The van der Waals surface area contributed by atoms with Crippen molar-refractivity contribution in [3.8, 4) is 5.75 Å². The summed E-state index contributed by atoms with van der Waals surface area (Å²) in [5.41, 5.74) is 0.997. The molecule has 1 N–H and O–H groups in total. The number of methoxy groups -OCH3 is 1. The van der Waals surface area contributed by atoms with Gasteiger partial charge in [0.1, 0.15) is 5.75 Å². The third-order valence-electron chi connectivity index (χ3n) is 1.69. The van der Waals surface area contributed by atoms with Crippen LogP contribution in [0.3, 0.4) is 0 Å². The summed E-state index contributed by atoms with van der Waals surface area (Å²) in [6, 6.07) is 5.42. The molecule has 1 aromatic carbocycles. The molecule has 3 heteroatoms. The van der Waals surface area contributed by atoms with Crippen LogP contribution < -0.4 is 4.74 Å². The molecule has 0 atom stereocenters. The van der Waals surface area contributed by atoms with Gasteiger partial charge in [-0.2, -0.15) is 0 Å². The van der Waals surface area contributed by atoms with E-state index in [1.165, 1.54) is 0 Å². The van der Waals surface area contributed by atoms with Crippen molar-refractivity contribution in [1.82, 2.24) is 0 Å². The number of allylic oxidation sites excluding steroid dienone is 1. The number of aliphatic hydroxyl groups excluding tert-OH is 1. The minimum atomic E-state index is 0.636. The number of halogens is 1. The zero-order chi connectivity index (χ0) is 9.68. The lowest BCUT2D eigenvalue weighted by atomic mass is 10.1. The van der Waals surface area contributed by atoms with Crippen molar-refractivity contribution < 1.29 is 9.84 Å². The van der Waals surface area contributed by atoms with E-state index in [-0.39, 0.29) is 0 Å². The van der Waals surface area contributed by atoms with Crippen LogP contribution in [0.15, 0.2) is 30.5 Å². The van der Waals surface area contributed by atoms with Crippen LogP contribution in [-0.4, -0.2) is 12.2 Å². The molecule has 0 radical (unpaired) electrons. The molecule has 70 valence electrons. The van der Waals surface area contributed by atoms with Crippen molar-refractivity contribution in [2.24, 2.45) is 0 Å². The lowest BCUT2D eigenvalue weighted by molar-refractivity contribution is 0.410. The van der Waals surface area contributed by atoms with Crippen molar-refractivity contribution in [2.45, 2.75) is 6.42 Å². The van der Waals surface area contributed by atoms with Crippen molar-refractivity contribution in [3.63, 3.8) is 0 Å². The summed E-state index contributed by atoms with van der Waals surface area (Å²) >= 11 is 5.78. The molecule has 0 heterocycles. The summed E-state index contributed by atoms with van der Waals surface area (Å²) in [6.07, 6.45) is 3.30. The van der Waals surface area contributed by atoms with Crippen molar-refractivity contribution >= 4 is 11.6 Å². The summed E-state index contributed by atoms with van der Waals surface area (Å²) in [4.78, 5) is 0. The van der Waals surface area contributed by atoms with Crippen LogP contribution in [0.4, 0.5) is 0 Å². The van der Waals surface area contributed by atoms with Crippen LogP contribution in [-0.2, 0) is 6.42 Å². The van der Waals surface area contributed by atoms with Gasteiger partial charge in [0, 0.05) is 5.02 Å². The van der Waals surface area contributed by atoms with Crippen LogP contribution in [0.25, 0.3) is 0 Å². The van der Waals surface area contributed by atoms with Crippen molar-refractivity contribution in [2.75, 3.05) is 7.11 Å². The Labute approximate surface area is 82.4 Å². The van der Waals surface area contributed by atoms with Crippen molar-refractivity contribution in [3.05, 3.63) is 41.1 Å². The highest BCUT2D eigenvalue weighted by atomic mass is 35.5. The SMILES string of the molecule is COc1cc(Cl)ccc1C/C=C/O. The third-order valence-corrected chi connectivity index (χ3v) is 1.93. The maximum atomic E-state index is 8.50. The topological polar surface area (TPSA) is 29.5 Å². The Morgan fingerprint density at radius 1 is 1.54 bits per heavy atom. The molecular weight excluding hydrogens is 188 g/mol. The van der Waals surface area contributed by atoms with Crippen LogP contribution in [0.5, 0.6) is 5.75 Å². The van der Waals surface area contributed by atoms with Gasteiger partial charge < -0.3 is 9.84 Å². The van der Waals surface area contributed by atoms with Gasteiger partial charge >= 0.3 is 0 Å². The molecule has 1 rings (SSSR count). The molecule has 0 aromatic heterocycles. The highest BCUT2D eigenvalue weighted by Crippen LogP contribution is 2.23. The average molecular weight is 199 g/mol. The number of rotatable bonds is 3. The van der Waals surface area contributed by atoms with Gasteiger partial charge in [0.25, 0.3) is 0 Å². The van der Waals surface area contributed by atoms with E-state index in [0.29, 0.717) is 11.4 Å². The van der Waals surface area contributed by atoms with Gasteiger partial charge in [0.05, 0.1) is 13.4 Å². The largest absolute Gasteiger partial charge is 0.516 e. The van der Waals surface area contributed by atoms with E-state index < -0.39 is 0 Å². The van der Waals surface area contributed by atoms with E-state index >= 15 is 0 Å². The molecule has 0 aliphatic heterocycles. The Bertz CT molecular complexity index is 308. The molecule has 0 amide bonds. The van der Waals surface area contributed by atoms with Crippen LogP contribution in [0, 0.1) is 0 Å². The first kappa shape index (κ1) is 9.93. The summed E-state index contributed by atoms with van der Waals surface area (Å²) < 4.78 is 5.12. The Morgan fingerprint density at radius 2 is 2.31 bits per heavy atom. The monoisotopic (exact) mass is 198 g/mol. The first-order chi connectivity index (χ1) is 6.27. The predicted molar refractivity (Wildman–Crippen MR) is 53.5 cm³/mol. The molecule has 13 heavy (non-hydrogen) atoms. The van der Waals surface area contributed by atoms with Gasteiger partial charge in [-0.3, -0.25) is 0 Å². The minimum absolute atomic E-state index is 0.636. The minimum Gasteiger partial charge on any atom is -0.516 e. The molecular formula is C10H11ClO2. The Hall–Kier alpha value is -1.15. The fraction of sp³-hybridized carbons (Fsp3) is 0.200. The quantitative estimate of drug-likeness (QED) is 0.757. The lowest BCUT2D eigenvalue weighted by Crippen LogP contribution is -1.90. The van der Waals surface area contributed by atoms with Gasteiger partial charge in [0.2, 0.25) is 0 Å². The third kappa shape index (κ3) is 2.67. The molecule has 0 unspecified atom stereocenters. The second kappa shape index (κ2) is 4.77.